The number of nitrogens with one attached hydrogen (secondary N) is 1. The van der Waals surface area contributed by atoms with Gasteiger partial charge in [0, 0.05) is 24.6 Å². The number of morpholine rings is 1. The SMILES string of the molecule is COc1ccc(C(=O)N2CCOCC2)cc1NC(=O)[C@@H]1C[C@H]2CC[C@H]1C2. The van der Waals surface area contributed by atoms with Crippen molar-refractivity contribution in [2.75, 3.05) is 38.7 Å². The minimum atomic E-state index is -0.0358. The molecule has 1 N–H and O–H groups in total. The first kappa shape index (κ1) is 17.3. The van der Waals surface area contributed by atoms with E-state index in [1.54, 1.807) is 30.2 Å². The van der Waals surface area contributed by atoms with Crippen LogP contribution in [0.15, 0.2) is 18.2 Å². The van der Waals surface area contributed by atoms with E-state index in [1.807, 2.05) is 0 Å². The third-order valence-corrected chi connectivity index (χ3v) is 6.08. The summed E-state index contributed by atoms with van der Waals surface area (Å²) in [7, 11) is 1.58. The molecular weight excluding hydrogens is 332 g/mol. The van der Waals surface area contributed by atoms with Crippen LogP contribution in [0, 0.1) is 17.8 Å². The number of benzene rings is 1. The summed E-state index contributed by atoms with van der Waals surface area (Å²) in [6.45, 7) is 2.32. The second-order valence-corrected chi connectivity index (χ2v) is 7.59. The fourth-order valence-electron chi connectivity index (χ4n) is 4.68. The number of carbonyl (C=O) groups excluding carboxylic acids is 2. The zero-order valence-electron chi connectivity index (χ0n) is 15.2. The Morgan fingerprint density at radius 1 is 1.19 bits per heavy atom. The van der Waals surface area contributed by atoms with Crippen LogP contribution in [0.4, 0.5) is 5.69 Å². The summed E-state index contributed by atoms with van der Waals surface area (Å²) in [6.07, 6.45) is 4.60. The molecule has 6 heteroatoms. The van der Waals surface area contributed by atoms with Gasteiger partial charge < -0.3 is 19.7 Å². The summed E-state index contributed by atoms with van der Waals surface area (Å²) < 4.78 is 10.7. The zero-order valence-corrected chi connectivity index (χ0v) is 15.2. The Morgan fingerprint density at radius 2 is 2.00 bits per heavy atom. The lowest BCUT2D eigenvalue weighted by atomic mass is 9.88. The normalized spacial score (nSPS) is 27.4. The lowest BCUT2D eigenvalue weighted by molar-refractivity contribution is -0.121. The van der Waals surface area contributed by atoms with Gasteiger partial charge in [-0.05, 0) is 49.3 Å². The monoisotopic (exact) mass is 358 g/mol. The molecule has 4 rings (SSSR count). The van der Waals surface area contributed by atoms with E-state index in [9.17, 15) is 9.59 Å². The zero-order chi connectivity index (χ0) is 18.1. The molecule has 2 amide bonds. The number of amides is 2. The molecule has 3 fully saturated rings. The maximum atomic E-state index is 12.8. The Labute approximate surface area is 153 Å². The molecule has 140 valence electrons. The first-order chi connectivity index (χ1) is 12.7. The third kappa shape index (κ3) is 3.30. The van der Waals surface area contributed by atoms with Gasteiger partial charge >= 0.3 is 0 Å². The summed E-state index contributed by atoms with van der Waals surface area (Å²) in [5.74, 6) is 1.94. The third-order valence-electron chi connectivity index (χ3n) is 6.08. The van der Waals surface area contributed by atoms with Crippen molar-refractivity contribution < 1.29 is 19.1 Å². The summed E-state index contributed by atoms with van der Waals surface area (Å²) >= 11 is 0. The van der Waals surface area contributed by atoms with E-state index in [2.05, 4.69) is 5.32 Å². The number of anilines is 1. The Balaban J connectivity index is 1.50. The number of methoxy groups -OCH3 is 1. The van der Waals surface area contributed by atoms with Gasteiger partial charge in [-0.25, -0.2) is 0 Å². The van der Waals surface area contributed by atoms with Crippen molar-refractivity contribution >= 4 is 17.5 Å². The van der Waals surface area contributed by atoms with E-state index in [0.717, 1.165) is 12.8 Å². The van der Waals surface area contributed by atoms with Gasteiger partial charge in [0.05, 0.1) is 26.0 Å². The Hall–Kier alpha value is -2.08. The number of ether oxygens (including phenoxy) is 2. The minimum absolute atomic E-state index is 0.0358. The Morgan fingerprint density at radius 3 is 2.65 bits per heavy atom. The Bertz CT molecular complexity index is 699. The standard InChI is InChI=1S/C20H26N2O4/c1-25-18-5-4-15(20(24)22-6-8-26-9-7-22)12-17(18)21-19(23)16-11-13-2-3-14(16)10-13/h4-5,12-14,16H,2-3,6-11H2,1H3,(H,21,23)/t13-,14-,16+/m0/s1. The fraction of sp³-hybridized carbons (Fsp3) is 0.600. The molecule has 0 radical (unpaired) electrons. The summed E-state index contributed by atoms with van der Waals surface area (Å²) in [5.41, 5.74) is 1.15. The summed E-state index contributed by atoms with van der Waals surface area (Å²) in [6, 6.07) is 5.25. The average molecular weight is 358 g/mol. The predicted octanol–water partition coefficient (Wildman–Crippen LogP) is 2.54. The summed E-state index contributed by atoms with van der Waals surface area (Å²) in [5, 5.41) is 3.03. The van der Waals surface area contributed by atoms with Crippen LogP contribution in [-0.2, 0) is 9.53 Å². The van der Waals surface area contributed by atoms with Crippen LogP contribution in [-0.4, -0.2) is 50.1 Å². The topological polar surface area (TPSA) is 67.9 Å². The van der Waals surface area contributed by atoms with Crippen LogP contribution in [0.5, 0.6) is 5.75 Å². The molecule has 1 saturated heterocycles. The van der Waals surface area contributed by atoms with Crippen molar-refractivity contribution in [1.82, 2.24) is 4.90 Å². The van der Waals surface area contributed by atoms with Crippen LogP contribution >= 0.6 is 0 Å². The number of carbonyl (C=O) groups is 2. The van der Waals surface area contributed by atoms with Gasteiger partial charge in [-0.15, -0.1) is 0 Å². The first-order valence-corrected chi connectivity index (χ1v) is 9.51. The van der Waals surface area contributed by atoms with Crippen LogP contribution in [0.2, 0.25) is 0 Å². The van der Waals surface area contributed by atoms with Gasteiger partial charge in [-0.1, -0.05) is 6.42 Å². The summed E-state index contributed by atoms with van der Waals surface area (Å²) in [4.78, 5) is 27.3. The number of fused-ring (bicyclic) bond motifs is 2. The highest BCUT2D eigenvalue weighted by atomic mass is 16.5. The number of hydrogen-bond donors (Lipinski definition) is 1. The van der Waals surface area contributed by atoms with Crippen molar-refractivity contribution in [3.63, 3.8) is 0 Å². The van der Waals surface area contributed by atoms with E-state index in [1.165, 1.54) is 12.8 Å². The molecular formula is C20H26N2O4. The fourth-order valence-corrected chi connectivity index (χ4v) is 4.68. The van der Waals surface area contributed by atoms with E-state index in [-0.39, 0.29) is 17.7 Å². The van der Waals surface area contributed by atoms with Gasteiger partial charge in [0.1, 0.15) is 5.75 Å². The van der Waals surface area contributed by atoms with Crippen molar-refractivity contribution in [2.24, 2.45) is 17.8 Å². The van der Waals surface area contributed by atoms with Crippen LogP contribution in [0.1, 0.15) is 36.0 Å². The van der Waals surface area contributed by atoms with Gasteiger partial charge in [0.2, 0.25) is 5.91 Å². The van der Waals surface area contributed by atoms with Crippen LogP contribution in [0.3, 0.4) is 0 Å². The quantitative estimate of drug-likeness (QED) is 0.898. The van der Waals surface area contributed by atoms with Gasteiger partial charge in [-0.3, -0.25) is 9.59 Å². The molecule has 3 aliphatic rings. The molecule has 2 aliphatic carbocycles. The second-order valence-electron chi connectivity index (χ2n) is 7.59. The van der Waals surface area contributed by atoms with Crippen LogP contribution < -0.4 is 10.1 Å². The molecule has 0 spiro atoms. The molecule has 3 atom stereocenters. The maximum Gasteiger partial charge on any atom is 0.254 e. The van der Waals surface area contributed by atoms with E-state index < -0.39 is 0 Å². The highest BCUT2D eigenvalue weighted by Crippen LogP contribution is 2.48. The van der Waals surface area contributed by atoms with Gasteiger partial charge in [0.15, 0.2) is 0 Å². The minimum Gasteiger partial charge on any atom is -0.495 e. The number of nitrogens with zero attached hydrogens (tertiary/aromatic N) is 1. The largest absolute Gasteiger partial charge is 0.495 e. The number of rotatable bonds is 4. The molecule has 26 heavy (non-hydrogen) atoms. The lowest BCUT2D eigenvalue weighted by Crippen LogP contribution is -2.40. The van der Waals surface area contributed by atoms with Crippen LogP contribution in [0.25, 0.3) is 0 Å². The molecule has 1 aromatic carbocycles. The van der Waals surface area contributed by atoms with E-state index >= 15 is 0 Å². The molecule has 1 aliphatic heterocycles. The number of hydrogen-bond acceptors (Lipinski definition) is 4. The Kier molecular flexibility index (Phi) is 4.85. The highest BCUT2D eigenvalue weighted by molar-refractivity contribution is 5.99. The first-order valence-electron chi connectivity index (χ1n) is 9.51. The highest BCUT2D eigenvalue weighted by Gasteiger charge is 2.43. The maximum absolute atomic E-state index is 12.8. The molecule has 2 bridgehead atoms. The van der Waals surface area contributed by atoms with Crippen molar-refractivity contribution in [1.29, 1.82) is 0 Å². The molecule has 6 nitrogen and oxygen atoms in total. The lowest BCUT2D eigenvalue weighted by Gasteiger charge is -2.27. The average Bonchev–Trinajstić information content (AvgIpc) is 3.31. The molecule has 1 aromatic rings. The predicted molar refractivity (Wildman–Crippen MR) is 97.3 cm³/mol. The van der Waals surface area contributed by atoms with E-state index in [0.29, 0.717) is 55.1 Å². The van der Waals surface area contributed by atoms with Crippen molar-refractivity contribution in [3.05, 3.63) is 23.8 Å². The molecule has 1 heterocycles. The smallest absolute Gasteiger partial charge is 0.254 e. The molecule has 2 saturated carbocycles. The van der Waals surface area contributed by atoms with Crippen molar-refractivity contribution in [3.8, 4) is 5.75 Å². The van der Waals surface area contributed by atoms with Gasteiger partial charge in [0.25, 0.3) is 5.91 Å². The van der Waals surface area contributed by atoms with Crippen molar-refractivity contribution in [2.45, 2.75) is 25.7 Å². The van der Waals surface area contributed by atoms with E-state index in [4.69, 9.17) is 9.47 Å². The molecule has 0 unspecified atom stereocenters. The van der Waals surface area contributed by atoms with Gasteiger partial charge in [-0.2, -0.15) is 0 Å². The molecule has 0 aromatic heterocycles. The second kappa shape index (κ2) is 7.27.